The third kappa shape index (κ3) is 4.00. The smallest absolute Gasteiger partial charge is 0.263 e. The Labute approximate surface area is 136 Å². The van der Waals surface area contributed by atoms with Gasteiger partial charge in [0.25, 0.3) is 5.91 Å². The van der Waals surface area contributed by atoms with Crippen molar-refractivity contribution < 1.29 is 24.5 Å². The van der Waals surface area contributed by atoms with Crippen molar-refractivity contribution in [2.75, 3.05) is 0 Å². The van der Waals surface area contributed by atoms with E-state index in [0.717, 1.165) is 18.9 Å². The van der Waals surface area contributed by atoms with Gasteiger partial charge in [0, 0.05) is 0 Å². The van der Waals surface area contributed by atoms with E-state index >= 15 is 0 Å². The van der Waals surface area contributed by atoms with E-state index in [1.54, 1.807) is 6.08 Å². The molecule has 2 aliphatic rings. The van der Waals surface area contributed by atoms with Crippen LogP contribution >= 0.6 is 0 Å². The molecule has 5 unspecified atom stereocenters. The molecule has 0 radical (unpaired) electrons. The molecule has 0 saturated carbocycles. The summed E-state index contributed by atoms with van der Waals surface area (Å²) in [6.07, 6.45) is 8.23. The van der Waals surface area contributed by atoms with Crippen molar-refractivity contribution in [1.82, 2.24) is 5.32 Å². The number of aliphatic hydroxyl groups excluding tert-OH is 1. The van der Waals surface area contributed by atoms with E-state index in [4.69, 9.17) is 4.74 Å². The second-order valence-corrected chi connectivity index (χ2v) is 6.54. The van der Waals surface area contributed by atoms with Crippen LogP contribution in [0.3, 0.4) is 0 Å². The fourth-order valence-corrected chi connectivity index (χ4v) is 2.97. The molecule has 23 heavy (non-hydrogen) atoms. The lowest BCUT2D eigenvalue weighted by atomic mass is 9.91. The van der Waals surface area contributed by atoms with E-state index in [2.05, 4.69) is 12.2 Å². The lowest BCUT2D eigenvalue weighted by Crippen LogP contribution is -2.52. The molecule has 0 aromatic rings. The highest BCUT2D eigenvalue weighted by molar-refractivity contribution is 6.16. The molecule has 0 aliphatic carbocycles. The number of ketones is 1. The van der Waals surface area contributed by atoms with Crippen LogP contribution in [0, 0.1) is 0 Å². The van der Waals surface area contributed by atoms with Crippen LogP contribution in [0.2, 0.25) is 0 Å². The second-order valence-electron chi connectivity index (χ2n) is 6.54. The fourth-order valence-electron chi connectivity index (χ4n) is 2.97. The predicted octanol–water partition coefficient (Wildman–Crippen LogP) is 0.850. The number of hydrogen-bond donors (Lipinski definition) is 3. The van der Waals surface area contributed by atoms with Gasteiger partial charge in [0.05, 0.1) is 12.1 Å². The van der Waals surface area contributed by atoms with E-state index in [-0.39, 0.29) is 12.2 Å². The summed E-state index contributed by atoms with van der Waals surface area (Å²) in [5.41, 5.74) is -2.39. The van der Waals surface area contributed by atoms with Crippen molar-refractivity contribution in [1.29, 1.82) is 0 Å². The number of unbranched alkanes of at least 4 members (excludes halogenated alkanes) is 4. The Hall–Kier alpha value is -1.24. The van der Waals surface area contributed by atoms with Crippen molar-refractivity contribution in [2.45, 2.75) is 82.3 Å². The van der Waals surface area contributed by atoms with Gasteiger partial charge in [-0.1, -0.05) is 39.0 Å². The summed E-state index contributed by atoms with van der Waals surface area (Å²) in [6, 6.07) is -0.655. The number of rotatable bonds is 9. The number of epoxide rings is 1. The summed E-state index contributed by atoms with van der Waals surface area (Å²) in [5, 5.41) is 22.4. The fraction of sp³-hybridized carbons (Fsp3) is 0.765. The molecule has 3 N–H and O–H groups in total. The van der Waals surface area contributed by atoms with E-state index in [1.807, 2.05) is 0 Å². The zero-order chi connectivity index (χ0) is 17.0. The highest BCUT2D eigenvalue weighted by Crippen LogP contribution is 2.29. The van der Waals surface area contributed by atoms with Gasteiger partial charge in [-0.2, -0.15) is 0 Å². The van der Waals surface area contributed by atoms with Crippen LogP contribution in [-0.4, -0.2) is 51.9 Å². The first-order chi connectivity index (χ1) is 10.9. The number of carbonyl (C=O) groups is 2. The maximum absolute atomic E-state index is 12.1. The van der Waals surface area contributed by atoms with Gasteiger partial charge in [-0.25, -0.2) is 0 Å². The molecule has 0 spiro atoms. The quantitative estimate of drug-likeness (QED) is 0.253. The third-order valence-electron chi connectivity index (χ3n) is 4.63. The molecule has 2 aliphatic heterocycles. The monoisotopic (exact) mass is 325 g/mol. The number of aliphatic hydroxyl groups is 2. The maximum atomic E-state index is 12.1. The van der Waals surface area contributed by atoms with Crippen molar-refractivity contribution in [2.24, 2.45) is 0 Å². The minimum Gasteiger partial charge on any atom is -0.387 e. The topological polar surface area (TPSA) is 99.2 Å². The summed E-state index contributed by atoms with van der Waals surface area (Å²) in [5.74, 6) is -1.65. The Morgan fingerprint density at radius 1 is 1.35 bits per heavy atom. The predicted molar refractivity (Wildman–Crippen MR) is 84.7 cm³/mol. The first-order valence-electron chi connectivity index (χ1n) is 8.50. The van der Waals surface area contributed by atoms with Crippen molar-refractivity contribution in [3.8, 4) is 0 Å². The van der Waals surface area contributed by atoms with Crippen LogP contribution in [0.25, 0.3) is 0 Å². The SMILES string of the molecule is CCCCCCCC1OC1C=CC(=O)C1(O)C(=O)NC(C)C1O. The molecular weight excluding hydrogens is 298 g/mol. The lowest BCUT2D eigenvalue weighted by Gasteiger charge is -2.20. The van der Waals surface area contributed by atoms with Gasteiger partial charge >= 0.3 is 0 Å². The Morgan fingerprint density at radius 3 is 2.65 bits per heavy atom. The van der Waals surface area contributed by atoms with E-state index < -0.39 is 29.4 Å². The van der Waals surface area contributed by atoms with Crippen LogP contribution in [0.4, 0.5) is 0 Å². The minimum atomic E-state index is -2.39. The normalized spacial score (nSPS) is 36.4. The van der Waals surface area contributed by atoms with Gasteiger partial charge in [-0.15, -0.1) is 0 Å². The first kappa shape index (κ1) is 18.1. The van der Waals surface area contributed by atoms with Crippen LogP contribution in [-0.2, 0) is 14.3 Å². The zero-order valence-electron chi connectivity index (χ0n) is 13.8. The van der Waals surface area contributed by atoms with Gasteiger partial charge in [-0.05, 0) is 25.5 Å². The largest absolute Gasteiger partial charge is 0.387 e. The number of hydrogen-bond acceptors (Lipinski definition) is 5. The Bertz CT molecular complexity index is 478. The third-order valence-corrected chi connectivity index (χ3v) is 4.63. The Kier molecular flexibility index (Phi) is 5.95. The van der Waals surface area contributed by atoms with Gasteiger partial charge < -0.3 is 20.3 Å². The molecule has 130 valence electrons. The molecule has 6 heteroatoms. The molecule has 1 amide bonds. The minimum absolute atomic E-state index is 0.122. The Balaban J connectivity index is 1.76. The van der Waals surface area contributed by atoms with E-state index in [9.17, 15) is 19.8 Å². The molecular formula is C17H27NO5. The second kappa shape index (κ2) is 7.55. The zero-order valence-corrected chi connectivity index (χ0v) is 13.8. The van der Waals surface area contributed by atoms with Gasteiger partial charge in [0.15, 0.2) is 5.78 Å². The van der Waals surface area contributed by atoms with E-state index in [1.165, 1.54) is 32.6 Å². The number of amides is 1. The van der Waals surface area contributed by atoms with E-state index in [0.29, 0.717) is 0 Å². The average molecular weight is 325 g/mol. The molecule has 2 rings (SSSR count). The summed E-state index contributed by atoms with van der Waals surface area (Å²) in [7, 11) is 0. The molecule has 5 atom stereocenters. The molecule has 2 saturated heterocycles. The Morgan fingerprint density at radius 2 is 2.04 bits per heavy atom. The summed E-state index contributed by atoms with van der Waals surface area (Å²) in [4.78, 5) is 23.8. The lowest BCUT2D eigenvalue weighted by molar-refractivity contribution is -0.153. The van der Waals surface area contributed by atoms with Crippen LogP contribution < -0.4 is 5.32 Å². The van der Waals surface area contributed by atoms with Crippen molar-refractivity contribution in [3.63, 3.8) is 0 Å². The van der Waals surface area contributed by atoms with Gasteiger partial charge in [0.2, 0.25) is 5.60 Å². The molecule has 2 heterocycles. The number of nitrogens with one attached hydrogen (secondary N) is 1. The summed E-state index contributed by atoms with van der Waals surface area (Å²) >= 11 is 0. The molecule has 6 nitrogen and oxygen atoms in total. The standard InChI is InChI=1S/C17H27NO5/c1-3-4-5-6-7-8-12-13(23-12)9-10-14(19)17(22)15(20)11(2)18-16(17)21/h9-13,15,20,22H,3-8H2,1-2H3,(H,18,21). The molecule has 0 bridgehead atoms. The first-order valence-corrected chi connectivity index (χ1v) is 8.50. The van der Waals surface area contributed by atoms with Crippen molar-refractivity contribution in [3.05, 3.63) is 12.2 Å². The summed E-state index contributed by atoms with van der Waals surface area (Å²) < 4.78 is 5.46. The molecule has 0 aromatic carbocycles. The van der Waals surface area contributed by atoms with Gasteiger partial charge in [0.1, 0.15) is 12.2 Å². The van der Waals surface area contributed by atoms with Crippen LogP contribution in [0.1, 0.15) is 52.4 Å². The van der Waals surface area contributed by atoms with Gasteiger partial charge in [-0.3, -0.25) is 9.59 Å². The number of ether oxygens (including phenoxy) is 1. The van der Waals surface area contributed by atoms with Crippen molar-refractivity contribution >= 4 is 11.7 Å². The van der Waals surface area contributed by atoms with Crippen LogP contribution in [0.5, 0.6) is 0 Å². The highest BCUT2D eigenvalue weighted by atomic mass is 16.6. The average Bonchev–Trinajstić information content (AvgIpc) is 3.24. The molecule has 2 fully saturated rings. The van der Waals surface area contributed by atoms with Crippen LogP contribution in [0.15, 0.2) is 12.2 Å². The molecule has 0 aromatic heterocycles. The number of carbonyl (C=O) groups excluding carboxylic acids is 2. The summed E-state index contributed by atoms with van der Waals surface area (Å²) in [6.45, 7) is 3.72. The highest BCUT2D eigenvalue weighted by Gasteiger charge is 2.56. The maximum Gasteiger partial charge on any atom is 0.263 e.